The minimum absolute atomic E-state index is 0.0153. The number of aromatic nitrogens is 1. The van der Waals surface area contributed by atoms with Crippen molar-refractivity contribution in [1.29, 1.82) is 0 Å². The molecule has 1 atom stereocenters. The fraction of sp³-hybridized carbons (Fsp3) is 0.667. The summed E-state index contributed by atoms with van der Waals surface area (Å²) in [6.45, 7) is 3.03. The Balaban J connectivity index is 2.03. The van der Waals surface area contributed by atoms with Crippen LogP contribution in [0, 0.1) is 0 Å². The van der Waals surface area contributed by atoms with Crippen molar-refractivity contribution in [2.45, 2.75) is 25.9 Å². The van der Waals surface area contributed by atoms with Crippen LogP contribution in [0.4, 0.5) is 0 Å². The highest BCUT2D eigenvalue weighted by Gasteiger charge is 2.32. The lowest BCUT2D eigenvalue weighted by Crippen LogP contribution is -2.35. The van der Waals surface area contributed by atoms with Crippen molar-refractivity contribution in [3.63, 3.8) is 0 Å². The van der Waals surface area contributed by atoms with Gasteiger partial charge in [0.05, 0.1) is 25.2 Å². The zero-order valence-corrected chi connectivity index (χ0v) is 12.4. The average molecular weight is 302 g/mol. The Hall–Kier alpha value is -1.41. The van der Waals surface area contributed by atoms with E-state index < -0.39 is 15.8 Å². The molecule has 1 aliphatic rings. The third-order valence-corrected chi connectivity index (χ3v) is 5.17. The van der Waals surface area contributed by atoms with Crippen molar-refractivity contribution < 1.29 is 22.4 Å². The van der Waals surface area contributed by atoms with Crippen LogP contribution in [0.25, 0.3) is 0 Å². The molecule has 0 unspecified atom stereocenters. The maximum atomic E-state index is 11.5. The first-order valence-electron chi connectivity index (χ1n) is 6.42. The molecule has 0 bridgehead atoms. The minimum atomic E-state index is -2.92. The largest absolute Gasteiger partial charge is 0.464 e. The van der Waals surface area contributed by atoms with Crippen molar-refractivity contribution in [2.24, 2.45) is 0 Å². The Kier molecular flexibility index (Phi) is 4.44. The molecular weight excluding hydrogens is 284 g/mol. The van der Waals surface area contributed by atoms with Crippen LogP contribution in [0.15, 0.2) is 10.7 Å². The molecule has 2 rings (SSSR count). The maximum absolute atomic E-state index is 11.5. The second kappa shape index (κ2) is 5.92. The van der Waals surface area contributed by atoms with Gasteiger partial charge in [-0.25, -0.2) is 18.2 Å². The fourth-order valence-corrected chi connectivity index (χ4v) is 4.08. The van der Waals surface area contributed by atoms with Crippen LogP contribution in [-0.4, -0.2) is 55.5 Å². The number of nitrogens with zero attached hydrogens (tertiary/aromatic N) is 2. The molecule has 1 aromatic heterocycles. The van der Waals surface area contributed by atoms with Crippen molar-refractivity contribution in [2.75, 3.05) is 25.2 Å². The van der Waals surface area contributed by atoms with Gasteiger partial charge in [-0.1, -0.05) is 6.92 Å². The van der Waals surface area contributed by atoms with Gasteiger partial charge < -0.3 is 9.15 Å². The summed E-state index contributed by atoms with van der Waals surface area (Å²) in [5.74, 6) is 0.238. The predicted molar refractivity (Wildman–Crippen MR) is 71.0 cm³/mol. The fourth-order valence-electron chi connectivity index (χ4n) is 2.32. The predicted octanol–water partition coefficient (Wildman–Crippen LogP) is 0.470. The molecule has 8 heteroatoms. The number of methoxy groups -OCH3 is 1. The van der Waals surface area contributed by atoms with E-state index in [0.29, 0.717) is 25.4 Å². The van der Waals surface area contributed by atoms with Crippen LogP contribution >= 0.6 is 0 Å². The average Bonchev–Trinajstić information content (AvgIpc) is 3.01. The molecule has 0 amide bonds. The number of carbonyl (C=O) groups excluding carboxylic acids is 1. The Morgan fingerprint density at radius 1 is 1.60 bits per heavy atom. The Labute approximate surface area is 117 Å². The van der Waals surface area contributed by atoms with Gasteiger partial charge in [-0.05, 0) is 13.0 Å². The smallest absolute Gasteiger partial charge is 0.360 e. The summed E-state index contributed by atoms with van der Waals surface area (Å²) in [5, 5.41) is 0. The van der Waals surface area contributed by atoms with Crippen LogP contribution in [0.2, 0.25) is 0 Å². The molecule has 0 saturated carbocycles. The summed E-state index contributed by atoms with van der Waals surface area (Å²) < 4.78 is 32.8. The third-order valence-electron chi connectivity index (χ3n) is 3.42. The zero-order chi connectivity index (χ0) is 14.8. The first-order valence-corrected chi connectivity index (χ1v) is 8.24. The van der Waals surface area contributed by atoms with Crippen LogP contribution in [0.5, 0.6) is 0 Å². The molecule has 1 saturated heterocycles. The molecule has 1 aliphatic heterocycles. The molecule has 1 fully saturated rings. The van der Waals surface area contributed by atoms with E-state index in [1.54, 1.807) is 0 Å². The van der Waals surface area contributed by atoms with E-state index in [0.717, 1.165) is 0 Å². The number of oxazole rings is 1. The van der Waals surface area contributed by atoms with Crippen molar-refractivity contribution in [3.05, 3.63) is 17.8 Å². The van der Waals surface area contributed by atoms with Crippen LogP contribution < -0.4 is 0 Å². The molecule has 0 spiro atoms. The Bertz CT molecular complexity index is 580. The van der Waals surface area contributed by atoms with Gasteiger partial charge in [0.1, 0.15) is 6.26 Å². The number of sulfone groups is 1. The number of esters is 1. The summed E-state index contributed by atoms with van der Waals surface area (Å²) in [4.78, 5) is 17.3. The molecule has 1 aromatic rings. The molecule has 20 heavy (non-hydrogen) atoms. The standard InChI is InChI=1S/C12H18N2O5S/c1-3-14(9-4-5-20(16,17)8-9)6-11-13-10(7-19-11)12(15)18-2/h7,9H,3-6,8H2,1-2H3/t9-/m0/s1. The number of hydrogen-bond donors (Lipinski definition) is 0. The quantitative estimate of drug-likeness (QED) is 0.730. The highest BCUT2D eigenvalue weighted by molar-refractivity contribution is 7.91. The molecular formula is C12H18N2O5S. The normalized spacial score (nSPS) is 21.2. The van der Waals surface area contributed by atoms with E-state index in [2.05, 4.69) is 9.72 Å². The number of hydrogen-bond acceptors (Lipinski definition) is 7. The summed E-state index contributed by atoms with van der Waals surface area (Å²) in [5.41, 5.74) is 0.123. The summed E-state index contributed by atoms with van der Waals surface area (Å²) in [6, 6.07) is -0.0153. The van der Waals surface area contributed by atoms with Gasteiger partial charge in [-0.2, -0.15) is 0 Å². The third kappa shape index (κ3) is 3.37. The van der Waals surface area contributed by atoms with Gasteiger partial charge in [0.15, 0.2) is 15.5 Å². The van der Waals surface area contributed by atoms with Crippen LogP contribution in [0.1, 0.15) is 29.7 Å². The van der Waals surface area contributed by atoms with E-state index in [4.69, 9.17) is 4.42 Å². The highest BCUT2D eigenvalue weighted by Crippen LogP contribution is 2.19. The number of carbonyl (C=O) groups is 1. The van der Waals surface area contributed by atoms with E-state index in [-0.39, 0.29) is 23.2 Å². The summed E-state index contributed by atoms with van der Waals surface area (Å²) >= 11 is 0. The Morgan fingerprint density at radius 3 is 2.90 bits per heavy atom. The number of rotatable bonds is 5. The second-order valence-corrected chi connectivity index (χ2v) is 6.97. The van der Waals surface area contributed by atoms with Crippen LogP contribution in [0.3, 0.4) is 0 Å². The first kappa shape index (κ1) is 15.0. The molecule has 0 radical (unpaired) electrons. The monoisotopic (exact) mass is 302 g/mol. The molecule has 0 N–H and O–H groups in total. The molecule has 7 nitrogen and oxygen atoms in total. The van der Waals surface area contributed by atoms with Crippen molar-refractivity contribution in [3.8, 4) is 0 Å². The van der Waals surface area contributed by atoms with Crippen molar-refractivity contribution >= 4 is 15.8 Å². The van der Waals surface area contributed by atoms with E-state index >= 15 is 0 Å². The molecule has 112 valence electrons. The number of ether oxygens (including phenoxy) is 1. The second-order valence-electron chi connectivity index (χ2n) is 4.74. The first-order chi connectivity index (χ1) is 9.45. The van der Waals surface area contributed by atoms with E-state index in [1.165, 1.54) is 13.4 Å². The molecule has 0 aliphatic carbocycles. The summed E-state index contributed by atoms with van der Waals surface area (Å²) in [6.07, 6.45) is 1.88. The lowest BCUT2D eigenvalue weighted by Gasteiger charge is -2.24. The lowest BCUT2D eigenvalue weighted by molar-refractivity contribution is 0.0594. The Morgan fingerprint density at radius 2 is 2.35 bits per heavy atom. The molecule has 0 aromatic carbocycles. The summed E-state index contributed by atoms with van der Waals surface area (Å²) in [7, 11) is -1.65. The van der Waals surface area contributed by atoms with Crippen molar-refractivity contribution in [1.82, 2.24) is 9.88 Å². The van der Waals surface area contributed by atoms with Crippen LogP contribution in [-0.2, 0) is 21.1 Å². The maximum Gasteiger partial charge on any atom is 0.360 e. The minimum Gasteiger partial charge on any atom is -0.464 e. The van der Waals surface area contributed by atoms with E-state index in [1.807, 2.05) is 11.8 Å². The van der Waals surface area contributed by atoms with Gasteiger partial charge in [0.2, 0.25) is 5.89 Å². The zero-order valence-electron chi connectivity index (χ0n) is 11.5. The van der Waals surface area contributed by atoms with Gasteiger partial charge in [0, 0.05) is 6.04 Å². The topological polar surface area (TPSA) is 89.7 Å². The highest BCUT2D eigenvalue weighted by atomic mass is 32.2. The van der Waals surface area contributed by atoms with Gasteiger partial charge in [-0.3, -0.25) is 4.90 Å². The van der Waals surface area contributed by atoms with Gasteiger partial charge in [-0.15, -0.1) is 0 Å². The van der Waals surface area contributed by atoms with Gasteiger partial charge >= 0.3 is 5.97 Å². The van der Waals surface area contributed by atoms with Gasteiger partial charge in [0.25, 0.3) is 0 Å². The van der Waals surface area contributed by atoms with E-state index in [9.17, 15) is 13.2 Å². The lowest BCUT2D eigenvalue weighted by atomic mass is 10.2. The molecule has 2 heterocycles. The SMILES string of the molecule is CCN(Cc1nc(C(=O)OC)co1)[C@H]1CCS(=O)(=O)C1.